The normalized spacial score (nSPS) is 12.4. The molecule has 0 heterocycles. The van der Waals surface area contributed by atoms with Crippen LogP contribution in [0.1, 0.15) is 27.8 Å². The number of hydrogen-bond acceptors (Lipinski definition) is 2. The zero-order valence-electron chi connectivity index (χ0n) is 12.9. The summed E-state index contributed by atoms with van der Waals surface area (Å²) in [6.45, 7) is 6.15. The van der Waals surface area contributed by atoms with Gasteiger partial charge in [0.1, 0.15) is 5.82 Å². The first-order valence-corrected chi connectivity index (χ1v) is 7.27. The molecule has 0 spiro atoms. The maximum atomic E-state index is 13.2. The van der Waals surface area contributed by atoms with Crippen molar-refractivity contribution in [3.63, 3.8) is 0 Å². The standard InChI is InChI=1S/C18H23FN2/c1-12-4-5-13(2)16(8-12)11-18(21-20)10-15-6-7-17(19)9-14(15)3/h4-9,18,21H,10-11,20H2,1-3H3. The number of nitrogens with two attached hydrogens (primary N) is 1. The van der Waals surface area contributed by atoms with Gasteiger partial charge in [-0.05, 0) is 68.0 Å². The van der Waals surface area contributed by atoms with Crippen LogP contribution in [0.5, 0.6) is 0 Å². The van der Waals surface area contributed by atoms with Gasteiger partial charge in [-0.1, -0.05) is 29.8 Å². The molecule has 0 aliphatic carbocycles. The lowest BCUT2D eigenvalue weighted by Crippen LogP contribution is -2.38. The van der Waals surface area contributed by atoms with Gasteiger partial charge >= 0.3 is 0 Å². The van der Waals surface area contributed by atoms with Crippen molar-refractivity contribution in [1.82, 2.24) is 5.43 Å². The molecule has 3 N–H and O–H groups in total. The Morgan fingerprint density at radius 2 is 1.67 bits per heavy atom. The molecule has 112 valence electrons. The molecule has 2 aromatic carbocycles. The summed E-state index contributed by atoms with van der Waals surface area (Å²) in [5.74, 6) is 5.52. The molecule has 0 amide bonds. The summed E-state index contributed by atoms with van der Waals surface area (Å²) < 4.78 is 13.2. The molecule has 2 aromatic rings. The van der Waals surface area contributed by atoms with Gasteiger partial charge in [-0.15, -0.1) is 0 Å². The van der Waals surface area contributed by atoms with Crippen molar-refractivity contribution >= 4 is 0 Å². The summed E-state index contributed by atoms with van der Waals surface area (Å²) >= 11 is 0. The van der Waals surface area contributed by atoms with Gasteiger partial charge in [0.25, 0.3) is 0 Å². The number of halogens is 1. The zero-order chi connectivity index (χ0) is 15.4. The van der Waals surface area contributed by atoms with Crippen LogP contribution >= 0.6 is 0 Å². The highest BCUT2D eigenvalue weighted by Gasteiger charge is 2.12. The second-order valence-corrected chi connectivity index (χ2v) is 5.77. The predicted octanol–water partition coefficient (Wildman–Crippen LogP) is 3.37. The smallest absolute Gasteiger partial charge is 0.123 e. The number of nitrogens with one attached hydrogen (secondary N) is 1. The Hall–Kier alpha value is -1.71. The molecule has 1 unspecified atom stereocenters. The van der Waals surface area contributed by atoms with Crippen molar-refractivity contribution in [2.45, 2.75) is 39.7 Å². The Labute approximate surface area is 126 Å². The minimum atomic E-state index is -0.192. The van der Waals surface area contributed by atoms with E-state index in [0.717, 1.165) is 24.0 Å². The third-order valence-corrected chi connectivity index (χ3v) is 3.98. The van der Waals surface area contributed by atoms with E-state index in [2.05, 4.69) is 37.5 Å². The molecular formula is C18H23FN2. The molecule has 0 aliphatic heterocycles. The fraction of sp³-hybridized carbons (Fsp3) is 0.333. The Morgan fingerprint density at radius 3 is 2.33 bits per heavy atom. The SMILES string of the molecule is Cc1ccc(C)c(CC(Cc2ccc(F)cc2C)NN)c1. The Balaban J connectivity index is 2.14. The first-order valence-electron chi connectivity index (χ1n) is 7.27. The number of hydrogen-bond donors (Lipinski definition) is 2. The van der Waals surface area contributed by atoms with E-state index < -0.39 is 0 Å². The minimum Gasteiger partial charge on any atom is -0.271 e. The summed E-state index contributed by atoms with van der Waals surface area (Å²) in [4.78, 5) is 0. The molecule has 0 radical (unpaired) electrons. The van der Waals surface area contributed by atoms with Crippen molar-refractivity contribution in [2.24, 2.45) is 5.84 Å². The van der Waals surface area contributed by atoms with Gasteiger partial charge in [0.2, 0.25) is 0 Å². The summed E-state index contributed by atoms with van der Waals surface area (Å²) in [6.07, 6.45) is 1.65. The van der Waals surface area contributed by atoms with Gasteiger partial charge in [0.05, 0.1) is 0 Å². The maximum absolute atomic E-state index is 13.2. The summed E-state index contributed by atoms with van der Waals surface area (Å²) in [7, 11) is 0. The van der Waals surface area contributed by atoms with E-state index in [1.165, 1.54) is 22.8 Å². The van der Waals surface area contributed by atoms with Crippen LogP contribution in [0.25, 0.3) is 0 Å². The second-order valence-electron chi connectivity index (χ2n) is 5.77. The molecule has 0 aromatic heterocycles. The van der Waals surface area contributed by atoms with Gasteiger partial charge in [-0.25, -0.2) is 4.39 Å². The van der Waals surface area contributed by atoms with E-state index >= 15 is 0 Å². The number of benzene rings is 2. The van der Waals surface area contributed by atoms with Gasteiger partial charge < -0.3 is 0 Å². The Morgan fingerprint density at radius 1 is 0.952 bits per heavy atom. The van der Waals surface area contributed by atoms with E-state index in [1.54, 1.807) is 6.07 Å². The third kappa shape index (κ3) is 4.13. The molecule has 0 fully saturated rings. The highest BCUT2D eigenvalue weighted by Crippen LogP contribution is 2.17. The summed E-state index contributed by atoms with van der Waals surface area (Å²) in [5, 5.41) is 0. The highest BCUT2D eigenvalue weighted by molar-refractivity contribution is 5.32. The van der Waals surface area contributed by atoms with Crippen molar-refractivity contribution in [1.29, 1.82) is 0 Å². The molecule has 1 atom stereocenters. The lowest BCUT2D eigenvalue weighted by atomic mass is 9.94. The van der Waals surface area contributed by atoms with E-state index in [0.29, 0.717) is 0 Å². The number of hydrazine groups is 1. The number of aryl methyl sites for hydroxylation is 3. The van der Waals surface area contributed by atoms with Gasteiger partial charge in [-0.3, -0.25) is 11.3 Å². The largest absolute Gasteiger partial charge is 0.271 e. The lowest BCUT2D eigenvalue weighted by molar-refractivity contribution is 0.520. The molecule has 21 heavy (non-hydrogen) atoms. The fourth-order valence-electron chi connectivity index (χ4n) is 2.63. The van der Waals surface area contributed by atoms with Crippen molar-refractivity contribution in [2.75, 3.05) is 0 Å². The molecular weight excluding hydrogens is 263 g/mol. The van der Waals surface area contributed by atoms with Crippen LogP contribution in [-0.2, 0) is 12.8 Å². The highest BCUT2D eigenvalue weighted by atomic mass is 19.1. The van der Waals surface area contributed by atoms with E-state index in [1.807, 2.05) is 13.0 Å². The van der Waals surface area contributed by atoms with Gasteiger partial charge in [-0.2, -0.15) is 0 Å². The van der Waals surface area contributed by atoms with Crippen LogP contribution in [0.3, 0.4) is 0 Å². The molecule has 3 heteroatoms. The molecule has 0 saturated carbocycles. The molecule has 0 bridgehead atoms. The van der Waals surface area contributed by atoms with Crippen LogP contribution in [-0.4, -0.2) is 6.04 Å². The van der Waals surface area contributed by atoms with Crippen LogP contribution in [0.2, 0.25) is 0 Å². The molecule has 0 saturated heterocycles. The maximum Gasteiger partial charge on any atom is 0.123 e. The second kappa shape index (κ2) is 6.83. The predicted molar refractivity (Wildman–Crippen MR) is 85.6 cm³/mol. The Bertz CT molecular complexity index is 623. The van der Waals surface area contributed by atoms with Crippen molar-refractivity contribution < 1.29 is 4.39 Å². The van der Waals surface area contributed by atoms with Crippen LogP contribution in [0.15, 0.2) is 36.4 Å². The number of rotatable bonds is 5. The zero-order valence-corrected chi connectivity index (χ0v) is 12.9. The van der Waals surface area contributed by atoms with E-state index in [4.69, 9.17) is 5.84 Å². The fourth-order valence-corrected chi connectivity index (χ4v) is 2.63. The van der Waals surface area contributed by atoms with E-state index in [9.17, 15) is 4.39 Å². The first kappa shape index (κ1) is 15.7. The van der Waals surface area contributed by atoms with E-state index in [-0.39, 0.29) is 11.9 Å². The molecule has 0 aliphatic rings. The molecule has 2 nitrogen and oxygen atoms in total. The third-order valence-electron chi connectivity index (χ3n) is 3.98. The minimum absolute atomic E-state index is 0.134. The Kier molecular flexibility index (Phi) is 5.10. The molecule has 2 rings (SSSR count). The van der Waals surface area contributed by atoms with Crippen molar-refractivity contribution in [3.8, 4) is 0 Å². The van der Waals surface area contributed by atoms with Crippen LogP contribution in [0, 0.1) is 26.6 Å². The van der Waals surface area contributed by atoms with Crippen LogP contribution in [0.4, 0.5) is 4.39 Å². The van der Waals surface area contributed by atoms with Gasteiger partial charge in [0.15, 0.2) is 0 Å². The average Bonchev–Trinajstić information content (AvgIpc) is 2.44. The van der Waals surface area contributed by atoms with Gasteiger partial charge in [0, 0.05) is 6.04 Å². The quantitative estimate of drug-likeness (QED) is 0.653. The van der Waals surface area contributed by atoms with Crippen molar-refractivity contribution in [3.05, 3.63) is 70.0 Å². The summed E-state index contributed by atoms with van der Waals surface area (Å²) in [5.41, 5.74) is 8.82. The topological polar surface area (TPSA) is 38.0 Å². The first-order chi connectivity index (χ1) is 9.99. The van der Waals surface area contributed by atoms with Crippen LogP contribution < -0.4 is 11.3 Å². The monoisotopic (exact) mass is 286 g/mol. The summed E-state index contributed by atoms with van der Waals surface area (Å²) in [6, 6.07) is 11.5. The average molecular weight is 286 g/mol. The lowest BCUT2D eigenvalue weighted by Gasteiger charge is -2.19.